The number of imide groups is 1. The van der Waals surface area contributed by atoms with Gasteiger partial charge in [0.15, 0.2) is 5.92 Å². The van der Waals surface area contributed by atoms with E-state index in [1.165, 1.54) is 33.4 Å². The summed E-state index contributed by atoms with van der Waals surface area (Å²) < 4.78 is 9.17. The number of amides is 3. The number of methoxy groups -OCH3 is 2. The molecule has 1 aliphatic heterocycles. The molecule has 2 aromatic carbocycles. The summed E-state index contributed by atoms with van der Waals surface area (Å²) in [5.74, 6) is -1.28. The second-order valence-corrected chi connectivity index (χ2v) is 7.25. The van der Waals surface area contributed by atoms with E-state index in [0.717, 1.165) is 4.90 Å². The maximum Gasteiger partial charge on any atom is 0.459 e. The van der Waals surface area contributed by atoms with Crippen LogP contribution >= 0.6 is 11.6 Å². The first-order chi connectivity index (χ1) is 14.3. The first-order valence-electron chi connectivity index (χ1n) is 9.08. The Labute approximate surface area is 178 Å². The monoisotopic (exact) mass is 430 g/mol. The van der Waals surface area contributed by atoms with Gasteiger partial charge in [-0.3, -0.25) is 4.79 Å². The highest BCUT2D eigenvalue weighted by molar-refractivity contribution is 6.30. The van der Waals surface area contributed by atoms with Crippen molar-refractivity contribution in [2.75, 3.05) is 32.7 Å². The Hall–Kier alpha value is -3.23. The number of benzene rings is 2. The zero-order valence-corrected chi connectivity index (χ0v) is 17.5. The van der Waals surface area contributed by atoms with Crippen molar-refractivity contribution in [3.63, 3.8) is 0 Å². The Morgan fingerprint density at radius 1 is 1.03 bits per heavy atom. The van der Waals surface area contributed by atoms with Crippen molar-refractivity contribution in [1.29, 1.82) is 0 Å². The lowest BCUT2D eigenvalue weighted by molar-refractivity contribution is -0.830. The van der Waals surface area contributed by atoms with Crippen LogP contribution in [0.25, 0.3) is 0 Å². The summed E-state index contributed by atoms with van der Waals surface area (Å²) in [6, 6.07) is 14.5. The van der Waals surface area contributed by atoms with Gasteiger partial charge in [-0.2, -0.15) is 4.90 Å². The van der Waals surface area contributed by atoms with Gasteiger partial charge in [-0.1, -0.05) is 47.0 Å². The van der Waals surface area contributed by atoms with E-state index in [1.807, 2.05) is 18.2 Å². The lowest BCUT2D eigenvalue weighted by Crippen LogP contribution is -2.54. The molecule has 8 nitrogen and oxygen atoms in total. The number of quaternary nitrogens is 1. The van der Waals surface area contributed by atoms with E-state index in [1.54, 1.807) is 24.3 Å². The van der Waals surface area contributed by atoms with Gasteiger partial charge in [-0.25, -0.2) is 9.59 Å². The van der Waals surface area contributed by atoms with Gasteiger partial charge >= 0.3 is 18.1 Å². The van der Waals surface area contributed by atoms with Crippen LogP contribution in [0.15, 0.2) is 59.7 Å². The van der Waals surface area contributed by atoms with Crippen molar-refractivity contribution in [1.82, 2.24) is 0 Å². The van der Waals surface area contributed by atoms with Crippen molar-refractivity contribution in [2.45, 2.75) is 0 Å². The van der Waals surface area contributed by atoms with Crippen LogP contribution in [0.2, 0.25) is 5.02 Å². The standard InChI is InChI=1S/C21H21ClN3O5/c1-25(20(27)24(21(28)30-3)16-11-9-15(22)10-12-16)13-17(19(26)29-2)18(23-25)14-7-5-4-6-8-14/h4-12,17H,13H2,1-3H3/q+1. The third kappa shape index (κ3) is 4.05. The van der Waals surface area contributed by atoms with Gasteiger partial charge in [-0.15, -0.1) is 4.59 Å². The Balaban J connectivity index is 2.05. The zero-order chi connectivity index (χ0) is 21.9. The predicted molar refractivity (Wildman–Crippen MR) is 111 cm³/mol. The van der Waals surface area contributed by atoms with E-state index < -0.39 is 28.6 Å². The molecule has 0 radical (unpaired) electrons. The number of hydrogen-bond donors (Lipinski definition) is 0. The minimum atomic E-state index is -0.875. The number of ether oxygens (including phenoxy) is 2. The van der Waals surface area contributed by atoms with Gasteiger partial charge < -0.3 is 9.47 Å². The van der Waals surface area contributed by atoms with Gasteiger partial charge in [0.2, 0.25) is 0 Å². The molecule has 3 amide bonds. The van der Waals surface area contributed by atoms with E-state index in [4.69, 9.17) is 21.1 Å². The van der Waals surface area contributed by atoms with Gasteiger partial charge in [-0.05, 0) is 24.3 Å². The second-order valence-electron chi connectivity index (χ2n) is 6.81. The average molecular weight is 431 g/mol. The van der Waals surface area contributed by atoms with Crippen LogP contribution in [0.3, 0.4) is 0 Å². The number of halogens is 1. The molecule has 3 rings (SSSR count). The molecule has 9 heteroatoms. The van der Waals surface area contributed by atoms with Crippen molar-refractivity contribution in [2.24, 2.45) is 11.0 Å². The summed E-state index contributed by atoms with van der Waals surface area (Å²) in [6.45, 7) is -0.00316. The first-order valence-corrected chi connectivity index (χ1v) is 9.45. The van der Waals surface area contributed by atoms with E-state index in [9.17, 15) is 14.4 Å². The molecule has 0 spiro atoms. The lowest BCUT2D eigenvalue weighted by Gasteiger charge is -2.27. The normalized spacial score (nSPS) is 20.3. The first kappa shape index (κ1) is 21.5. The molecule has 1 aliphatic rings. The lowest BCUT2D eigenvalue weighted by atomic mass is 9.97. The highest BCUT2D eigenvalue weighted by atomic mass is 35.5. The van der Waals surface area contributed by atoms with Gasteiger partial charge in [0.05, 0.1) is 19.9 Å². The van der Waals surface area contributed by atoms with Crippen molar-refractivity contribution in [3.05, 3.63) is 65.2 Å². The summed E-state index contributed by atoms with van der Waals surface area (Å²) >= 11 is 5.92. The number of carbonyl (C=O) groups excluding carboxylic acids is 3. The highest BCUT2D eigenvalue weighted by Crippen LogP contribution is 2.30. The fourth-order valence-electron chi connectivity index (χ4n) is 3.30. The van der Waals surface area contributed by atoms with E-state index >= 15 is 0 Å². The molecule has 0 aliphatic carbocycles. The second kappa shape index (κ2) is 8.64. The Kier molecular flexibility index (Phi) is 6.19. The maximum atomic E-state index is 13.5. The quantitative estimate of drug-likeness (QED) is 0.547. The number of carbonyl (C=O) groups is 3. The SMILES string of the molecule is COC(=O)C1C[N+](C)(C(=O)N(C(=O)OC)c2ccc(Cl)cc2)N=C1c1ccccc1. The van der Waals surface area contributed by atoms with Gasteiger partial charge in [0.25, 0.3) is 0 Å². The average Bonchev–Trinajstić information content (AvgIpc) is 3.14. The van der Waals surface area contributed by atoms with Crippen molar-refractivity contribution >= 4 is 41.1 Å². The molecule has 30 heavy (non-hydrogen) atoms. The minimum Gasteiger partial charge on any atom is -0.468 e. The van der Waals surface area contributed by atoms with Crippen LogP contribution in [0.1, 0.15) is 5.56 Å². The Morgan fingerprint density at radius 3 is 2.23 bits per heavy atom. The van der Waals surface area contributed by atoms with E-state index in [0.29, 0.717) is 16.3 Å². The van der Waals surface area contributed by atoms with Crippen LogP contribution in [-0.4, -0.2) is 56.2 Å². The number of nitrogens with zero attached hydrogens (tertiary/aromatic N) is 3. The predicted octanol–water partition coefficient (Wildman–Crippen LogP) is 3.69. The molecule has 2 atom stereocenters. The number of urea groups is 1. The highest BCUT2D eigenvalue weighted by Gasteiger charge is 2.51. The number of anilines is 1. The zero-order valence-electron chi connectivity index (χ0n) is 16.7. The third-order valence-corrected chi connectivity index (χ3v) is 5.05. The fourth-order valence-corrected chi connectivity index (χ4v) is 3.42. The van der Waals surface area contributed by atoms with Crippen LogP contribution in [0.4, 0.5) is 15.3 Å². The van der Waals surface area contributed by atoms with Gasteiger partial charge in [0.1, 0.15) is 19.3 Å². The maximum absolute atomic E-state index is 13.5. The van der Waals surface area contributed by atoms with Crippen molar-refractivity contribution in [3.8, 4) is 0 Å². The molecule has 2 aromatic rings. The summed E-state index contributed by atoms with van der Waals surface area (Å²) in [5, 5.41) is 5.00. The molecule has 0 N–H and O–H groups in total. The molecule has 0 fully saturated rings. The van der Waals surface area contributed by atoms with Crippen LogP contribution in [0, 0.1) is 5.92 Å². The Morgan fingerprint density at radius 2 is 1.67 bits per heavy atom. The molecule has 156 valence electrons. The van der Waals surface area contributed by atoms with Crippen LogP contribution in [0.5, 0.6) is 0 Å². The van der Waals surface area contributed by atoms with Crippen molar-refractivity contribution < 1.29 is 28.4 Å². The fraction of sp³-hybridized carbons (Fsp3) is 0.238. The molecule has 0 bridgehead atoms. The van der Waals surface area contributed by atoms with E-state index in [-0.39, 0.29) is 12.2 Å². The van der Waals surface area contributed by atoms with Crippen LogP contribution in [-0.2, 0) is 14.3 Å². The molecule has 1 heterocycles. The van der Waals surface area contributed by atoms with Crippen LogP contribution < -0.4 is 4.90 Å². The molecule has 0 saturated carbocycles. The molecule has 0 aromatic heterocycles. The summed E-state index contributed by atoms with van der Waals surface area (Å²) in [4.78, 5) is 39.3. The molecule has 0 saturated heterocycles. The molecule has 2 unspecified atom stereocenters. The minimum absolute atomic E-state index is 0.00316. The summed E-state index contributed by atoms with van der Waals surface area (Å²) in [7, 11) is 3.99. The molecular weight excluding hydrogens is 410 g/mol. The third-order valence-electron chi connectivity index (χ3n) is 4.80. The number of esters is 1. The largest absolute Gasteiger partial charge is 0.468 e. The summed E-state index contributed by atoms with van der Waals surface area (Å²) in [6.07, 6.45) is -0.875. The molecular formula is C21H21ClN3O5+. The summed E-state index contributed by atoms with van der Waals surface area (Å²) in [5.41, 5.74) is 1.38. The Bertz CT molecular complexity index is 993. The number of hydrogen-bond acceptors (Lipinski definition) is 6. The topological polar surface area (TPSA) is 85.3 Å². The number of rotatable bonds is 3. The van der Waals surface area contributed by atoms with E-state index in [2.05, 4.69) is 5.10 Å². The van der Waals surface area contributed by atoms with Gasteiger partial charge in [0, 0.05) is 10.6 Å². The smallest absolute Gasteiger partial charge is 0.459 e.